The van der Waals surface area contributed by atoms with Crippen molar-refractivity contribution in [2.45, 2.75) is 24.2 Å². The number of rotatable bonds is 5. The molecule has 0 heterocycles. The molecule has 0 aromatic heterocycles. The van der Waals surface area contributed by atoms with Crippen molar-refractivity contribution in [3.63, 3.8) is 0 Å². The van der Waals surface area contributed by atoms with Gasteiger partial charge in [-0.05, 0) is 42.5 Å². The lowest BCUT2D eigenvalue weighted by molar-refractivity contribution is -0.348. The molecule has 0 bridgehead atoms. The first-order valence-corrected chi connectivity index (χ1v) is 11.8. The van der Waals surface area contributed by atoms with Crippen LogP contribution < -0.4 is 8.43 Å². The Kier molecular flexibility index (Phi) is 8.70. The number of carbonyl (C=O) groups is 2. The van der Waals surface area contributed by atoms with Crippen LogP contribution in [0.15, 0.2) is 66.7 Å². The Morgan fingerprint density at radius 3 is 1.93 bits per heavy atom. The standard InChI is InChI=1S/C24H12ClF10IN2O2/c25-17-7-2-1-6-15(17)19(39)37-14-5-3-4-12(10-14)20(40)38(36)18-9-8-13(11-16(18)22(27,28)29)21(26,23(30,31)32)24(33,34)35/h1-11H,(H,37,39). The fourth-order valence-corrected chi connectivity index (χ4v) is 4.35. The second-order valence-electron chi connectivity index (χ2n) is 7.98. The molecule has 2 amide bonds. The number of alkyl halides is 10. The molecule has 0 atom stereocenters. The topological polar surface area (TPSA) is 49.4 Å². The molecular weight excluding hydrogens is 701 g/mol. The molecule has 0 aliphatic carbocycles. The summed E-state index contributed by atoms with van der Waals surface area (Å²) in [7, 11) is 0. The van der Waals surface area contributed by atoms with E-state index in [4.69, 9.17) is 11.6 Å². The molecule has 3 aromatic rings. The molecule has 40 heavy (non-hydrogen) atoms. The van der Waals surface area contributed by atoms with Crippen LogP contribution in [0.3, 0.4) is 0 Å². The number of benzene rings is 3. The number of halogens is 12. The van der Waals surface area contributed by atoms with Crippen LogP contribution in [0.2, 0.25) is 5.02 Å². The molecule has 16 heteroatoms. The summed E-state index contributed by atoms with van der Waals surface area (Å²) < 4.78 is 135. The van der Waals surface area contributed by atoms with Crippen molar-refractivity contribution < 1.29 is 53.5 Å². The van der Waals surface area contributed by atoms with Crippen molar-refractivity contribution in [3.05, 3.63) is 94.0 Å². The van der Waals surface area contributed by atoms with Gasteiger partial charge >= 0.3 is 24.2 Å². The normalized spacial score (nSPS) is 12.7. The summed E-state index contributed by atoms with van der Waals surface area (Å²) in [5.74, 6) is -1.90. The highest BCUT2D eigenvalue weighted by molar-refractivity contribution is 14.1. The van der Waals surface area contributed by atoms with Crippen LogP contribution in [0, 0.1) is 0 Å². The van der Waals surface area contributed by atoms with Gasteiger partial charge in [0.15, 0.2) is 0 Å². The van der Waals surface area contributed by atoms with E-state index in [9.17, 15) is 53.5 Å². The van der Waals surface area contributed by atoms with Crippen LogP contribution in [0.25, 0.3) is 0 Å². The van der Waals surface area contributed by atoms with E-state index >= 15 is 0 Å². The monoisotopic (exact) mass is 712 g/mol. The van der Waals surface area contributed by atoms with Crippen molar-refractivity contribution in [2.75, 3.05) is 8.43 Å². The van der Waals surface area contributed by atoms with E-state index in [1.807, 2.05) is 0 Å². The highest BCUT2D eigenvalue weighted by Crippen LogP contribution is 2.54. The average Bonchev–Trinajstić information content (AvgIpc) is 2.85. The second-order valence-corrected chi connectivity index (χ2v) is 9.36. The van der Waals surface area contributed by atoms with Crippen molar-refractivity contribution in [3.8, 4) is 0 Å². The first kappa shape index (κ1) is 31.4. The number of nitrogens with one attached hydrogen (secondary N) is 1. The maximum absolute atomic E-state index is 14.4. The van der Waals surface area contributed by atoms with Gasteiger partial charge < -0.3 is 5.32 Å². The van der Waals surface area contributed by atoms with E-state index in [2.05, 4.69) is 5.32 Å². The van der Waals surface area contributed by atoms with Gasteiger partial charge in [-0.3, -0.25) is 9.59 Å². The molecule has 0 radical (unpaired) electrons. The minimum Gasteiger partial charge on any atom is -0.322 e. The van der Waals surface area contributed by atoms with Gasteiger partial charge in [0.2, 0.25) is 0 Å². The fraction of sp³-hybridized carbons (Fsp3) is 0.167. The van der Waals surface area contributed by atoms with E-state index in [1.165, 1.54) is 30.3 Å². The minimum absolute atomic E-state index is 0.00419. The lowest BCUT2D eigenvalue weighted by Crippen LogP contribution is -2.50. The number of hydrogen-bond donors (Lipinski definition) is 1. The van der Waals surface area contributed by atoms with Gasteiger partial charge in [0.05, 0.1) is 44.7 Å². The SMILES string of the molecule is O=C(Nc1cccc(C(=O)N(I)c2ccc(C(F)(C(F)(F)F)C(F)(F)F)cc2C(F)(F)F)c1)c1ccccc1Cl. The minimum atomic E-state index is -6.65. The van der Waals surface area contributed by atoms with Gasteiger partial charge in [-0.1, -0.05) is 35.9 Å². The molecule has 0 aliphatic heterocycles. The Bertz CT molecular complexity index is 1430. The molecule has 1 N–H and O–H groups in total. The average molecular weight is 713 g/mol. The van der Waals surface area contributed by atoms with E-state index in [0.717, 1.165) is 35.0 Å². The number of nitrogens with zero attached hydrogens (tertiary/aromatic N) is 1. The van der Waals surface area contributed by atoms with Crippen LogP contribution in [0.4, 0.5) is 55.3 Å². The molecule has 214 valence electrons. The van der Waals surface area contributed by atoms with Crippen molar-refractivity contribution >= 4 is 57.7 Å². The van der Waals surface area contributed by atoms with Gasteiger partial charge in [-0.25, -0.2) is 7.50 Å². The third kappa shape index (κ3) is 6.14. The summed E-state index contributed by atoms with van der Waals surface area (Å²) in [6, 6.07) is 10.0. The Balaban J connectivity index is 2.00. The van der Waals surface area contributed by atoms with Gasteiger partial charge in [-0.2, -0.15) is 39.5 Å². The highest BCUT2D eigenvalue weighted by Gasteiger charge is 2.73. The molecule has 0 spiro atoms. The highest BCUT2D eigenvalue weighted by atomic mass is 127. The summed E-state index contributed by atoms with van der Waals surface area (Å²) in [6.45, 7) is 0. The van der Waals surface area contributed by atoms with Crippen molar-refractivity contribution in [1.29, 1.82) is 0 Å². The Morgan fingerprint density at radius 2 is 1.38 bits per heavy atom. The van der Waals surface area contributed by atoms with Gasteiger partial charge in [0, 0.05) is 16.8 Å². The summed E-state index contributed by atoms with van der Waals surface area (Å²) in [5.41, 5.74) is -12.0. The van der Waals surface area contributed by atoms with Crippen LogP contribution in [0.5, 0.6) is 0 Å². The van der Waals surface area contributed by atoms with Crippen LogP contribution in [0.1, 0.15) is 31.8 Å². The van der Waals surface area contributed by atoms with Crippen LogP contribution in [-0.2, 0) is 11.8 Å². The molecule has 0 saturated heterocycles. The zero-order valence-electron chi connectivity index (χ0n) is 19.2. The molecular formula is C24H12ClF10IN2O2. The molecule has 0 unspecified atom stereocenters. The van der Waals surface area contributed by atoms with Crippen LogP contribution >= 0.6 is 34.5 Å². The second kappa shape index (κ2) is 11.1. The maximum atomic E-state index is 14.4. The van der Waals surface area contributed by atoms with Gasteiger partial charge in [0.1, 0.15) is 0 Å². The first-order chi connectivity index (χ1) is 18.3. The predicted molar refractivity (Wildman–Crippen MR) is 133 cm³/mol. The van der Waals surface area contributed by atoms with E-state index in [-0.39, 0.29) is 37.1 Å². The zero-order valence-corrected chi connectivity index (χ0v) is 22.1. The van der Waals surface area contributed by atoms with Crippen LogP contribution in [-0.4, -0.2) is 24.2 Å². The third-order valence-corrected chi connectivity index (χ3v) is 6.64. The number of carbonyl (C=O) groups excluding carboxylic acids is 2. The first-order valence-electron chi connectivity index (χ1n) is 10.5. The summed E-state index contributed by atoms with van der Waals surface area (Å²) in [6.07, 6.45) is -18.9. The molecule has 0 aliphatic rings. The summed E-state index contributed by atoms with van der Waals surface area (Å²) in [4.78, 5) is 25.4. The molecule has 3 aromatic carbocycles. The van der Waals surface area contributed by atoms with Gasteiger partial charge in [-0.15, -0.1) is 0 Å². The summed E-state index contributed by atoms with van der Waals surface area (Å²) in [5, 5.41) is 2.53. The Hall–Kier alpha value is -3.08. The maximum Gasteiger partial charge on any atom is 0.435 e. The smallest absolute Gasteiger partial charge is 0.322 e. The molecule has 3 rings (SSSR count). The Labute approximate surface area is 237 Å². The van der Waals surface area contributed by atoms with E-state index < -0.39 is 58.9 Å². The zero-order chi connectivity index (χ0) is 30.3. The number of hydrogen-bond acceptors (Lipinski definition) is 2. The van der Waals surface area contributed by atoms with E-state index in [1.54, 1.807) is 6.07 Å². The number of amides is 2. The van der Waals surface area contributed by atoms with Crippen molar-refractivity contribution in [1.82, 2.24) is 0 Å². The third-order valence-electron chi connectivity index (χ3n) is 5.36. The molecule has 0 fully saturated rings. The van der Waals surface area contributed by atoms with Crippen molar-refractivity contribution in [2.24, 2.45) is 0 Å². The predicted octanol–water partition coefficient (Wildman–Crippen LogP) is 8.90. The Morgan fingerprint density at radius 1 is 0.775 bits per heavy atom. The summed E-state index contributed by atoms with van der Waals surface area (Å²) >= 11 is 7.01. The molecule has 4 nitrogen and oxygen atoms in total. The molecule has 0 saturated carbocycles. The van der Waals surface area contributed by atoms with E-state index in [0.29, 0.717) is 0 Å². The van der Waals surface area contributed by atoms with Gasteiger partial charge in [0.25, 0.3) is 11.8 Å². The fourth-order valence-electron chi connectivity index (χ4n) is 3.43. The lowest BCUT2D eigenvalue weighted by Gasteiger charge is -2.31. The number of anilines is 2. The quantitative estimate of drug-likeness (QED) is 0.163. The largest absolute Gasteiger partial charge is 0.435 e. The lowest BCUT2D eigenvalue weighted by atomic mass is 9.92.